The van der Waals surface area contributed by atoms with Crippen molar-refractivity contribution in [2.45, 2.75) is 0 Å². The van der Waals surface area contributed by atoms with Crippen molar-refractivity contribution in [2.24, 2.45) is 0 Å². The molecule has 0 bridgehead atoms. The Morgan fingerprint density at radius 1 is 0.591 bits per heavy atom. The average molecular weight is 353 g/mol. The minimum absolute atomic E-state index is 0.527. The summed E-state index contributed by atoms with van der Waals surface area (Å²) in [4.78, 5) is 0. The number of para-hydroxylation sites is 2. The maximum Gasteiger partial charge on any atom is 0.633 e. The lowest BCUT2D eigenvalue weighted by molar-refractivity contribution is 0.439. The van der Waals surface area contributed by atoms with E-state index in [-0.39, 0.29) is 0 Å². The van der Waals surface area contributed by atoms with E-state index >= 15 is 0 Å². The van der Waals surface area contributed by atoms with E-state index in [1.54, 1.807) is 0 Å². The fourth-order valence-electron chi connectivity index (χ4n) is 2.06. The smallest absolute Gasteiger partial charge is 0.522 e. The van der Waals surface area contributed by atoms with E-state index in [1.807, 2.05) is 84.9 Å². The zero-order valence-corrected chi connectivity index (χ0v) is 13.4. The molecule has 0 atom stereocenters. The number of rotatable bonds is 5. The third-order valence-corrected chi connectivity index (χ3v) is 3.85. The summed E-state index contributed by atoms with van der Waals surface area (Å²) >= 11 is 3.56. The summed E-state index contributed by atoms with van der Waals surface area (Å²) < 4.78 is 13.0. The highest BCUT2D eigenvalue weighted by Gasteiger charge is 2.28. The molecule has 0 amide bonds. The van der Waals surface area contributed by atoms with Crippen molar-refractivity contribution in [1.82, 2.24) is 0 Å². The van der Waals surface area contributed by atoms with E-state index < -0.39 is 7.12 Å². The number of halogens is 1. The monoisotopic (exact) mass is 352 g/mol. The lowest BCUT2D eigenvalue weighted by Crippen LogP contribution is -2.43. The maximum absolute atomic E-state index is 6.03. The van der Waals surface area contributed by atoms with Crippen LogP contribution in [-0.2, 0) is 0 Å². The van der Waals surface area contributed by atoms with Crippen molar-refractivity contribution in [1.29, 1.82) is 0 Å². The summed E-state index contributed by atoms with van der Waals surface area (Å²) in [7, 11) is -0.527. The summed E-state index contributed by atoms with van der Waals surface area (Å²) in [5, 5.41) is 0. The molecule has 0 saturated carbocycles. The highest BCUT2D eigenvalue weighted by Crippen LogP contribution is 2.16. The Balaban J connectivity index is 1.90. The van der Waals surface area contributed by atoms with Crippen molar-refractivity contribution in [3.05, 3.63) is 89.4 Å². The standard InChI is InChI=1S/C18H14BBrO2/c20-18-14-8-7-13-17(18)19(21-15-9-3-1-4-10-15)22-16-11-5-2-6-12-16/h1-14H. The predicted molar refractivity (Wildman–Crippen MR) is 93.7 cm³/mol. The van der Waals surface area contributed by atoms with E-state index in [1.165, 1.54) is 0 Å². The maximum atomic E-state index is 6.03. The van der Waals surface area contributed by atoms with Gasteiger partial charge in [-0.15, -0.1) is 0 Å². The zero-order chi connectivity index (χ0) is 15.2. The van der Waals surface area contributed by atoms with Crippen molar-refractivity contribution in [2.75, 3.05) is 0 Å². The van der Waals surface area contributed by atoms with Gasteiger partial charge >= 0.3 is 7.12 Å². The van der Waals surface area contributed by atoms with Gasteiger partial charge in [-0.05, 0) is 30.3 Å². The van der Waals surface area contributed by atoms with Gasteiger partial charge in [-0.3, -0.25) is 0 Å². The fraction of sp³-hybridized carbons (Fsp3) is 0. The molecular formula is C18H14BBrO2. The van der Waals surface area contributed by atoms with Gasteiger partial charge in [0.05, 0.1) is 0 Å². The first-order chi connectivity index (χ1) is 10.8. The van der Waals surface area contributed by atoms with Crippen LogP contribution < -0.4 is 14.8 Å². The Morgan fingerprint density at radius 2 is 1.05 bits per heavy atom. The van der Waals surface area contributed by atoms with Crippen LogP contribution in [0.2, 0.25) is 0 Å². The van der Waals surface area contributed by atoms with Crippen LogP contribution in [0.5, 0.6) is 11.5 Å². The summed E-state index contributed by atoms with van der Waals surface area (Å²) in [6.07, 6.45) is 0. The molecule has 0 unspecified atom stereocenters. The topological polar surface area (TPSA) is 18.5 Å². The van der Waals surface area contributed by atoms with Crippen LogP contribution in [0.1, 0.15) is 0 Å². The van der Waals surface area contributed by atoms with Crippen LogP contribution in [0, 0.1) is 0 Å². The first-order valence-electron chi connectivity index (χ1n) is 7.01. The molecule has 0 N–H and O–H groups in total. The molecule has 3 rings (SSSR count). The van der Waals surface area contributed by atoms with Crippen LogP contribution in [-0.4, -0.2) is 7.12 Å². The lowest BCUT2D eigenvalue weighted by Gasteiger charge is -2.17. The molecule has 3 aromatic rings. The molecule has 22 heavy (non-hydrogen) atoms. The number of hydrogen-bond acceptors (Lipinski definition) is 2. The second-order valence-corrected chi connectivity index (χ2v) is 5.57. The molecule has 0 fully saturated rings. The van der Waals surface area contributed by atoms with Crippen LogP contribution >= 0.6 is 15.9 Å². The second kappa shape index (κ2) is 7.18. The summed E-state index contributed by atoms with van der Waals surface area (Å²) in [5.41, 5.74) is 0.940. The molecule has 0 aliphatic rings. The van der Waals surface area contributed by atoms with Crippen molar-refractivity contribution in [3.8, 4) is 11.5 Å². The molecule has 0 spiro atoms. The summed E-state index contributed by atoms with van der Waals surface area (Å²) in [5.74, 6) is 1.53. The Bertz CT molecular complexity index is 678. The normalized spacial score (nSPS) is 10.0. The van der Waals surface area contributed by atoms with Crippen molar-refractivity contribution < 1.29 is 9.31 Å². The Morgan fingerprint density at radius 3 is 1.55 bits per heavy atom. The van der Waals surface area contributed by atoms with Gasteiger partial charge in [0.25, 0.3) is 0 Å². The second-order valence-electron chi connectivity index (χ2n) is 4.72. The van der Waals surface area contributed by atoms with E-state index in [0.717, 1.165) is 21.4 Å². The molecule has 3 aromatic carbocycles. The first kappa shape index (κ1) is 14.7. The Labute approximate surface area is 139 Å². The summed E-state index contributed by atoms with van der Waals surface area (Å²) in [6, 6.07) is 27.2. The fourth-order valence-corrected chi connectivity index (χ4v) is 2.53. The molecule has 0 heterocycles. The van der Waals surface area contributed by atoms with Crippen LogP contribution in [0.4, 0.5) is 0 Å². The number of hydrogen-bond donors (Lipinski definition) is 0. The molecule has 2 nitrogen and oxygen atoms in total. The molecule has 4 heteroatoms. The molecule has 0 aromatic heterocycles. The summed E-state index contributed by atoms with van der Waals surface area (Å²) in [6.45, 7) is 0. The quantitative estimate of drug-likeness (QED) is 0.637. The zero-order valence-electron chi connectivity index (χ0n) is 11.9. The third kappa shape index (κ3) is 3.71. The molecule has 0 radical (unpaired) electrons. The van der Waals surface area contributed by atoms with Gasteiger partial charge in [0.2, 0.25) is 0 Å². The highest BCUT2D eigenvalue weighted by atomic mass is 79.9. The Kier molecular flexibility index (Phi) is 4.81. The third-order valence-electron chi connectivity index (χ3n) is 3.13. The molecular weight excluding hydrogens is 339 g/mol. The SMILES string of the molecule is Brc1ccccc1B(Oc1ccccc1)Oc1ccccc1. The lowest BCUT2D eigenvalue weighted by atomic mass is 9.78. The van der Waals surface area contributed by atoms with E-state index in [4.69, 9.17) is 9.31 Å². The molecule has 0 saturated heterocycles. The van der Waals surface area contributed by atoms with E-state index in [0.29, 0.717) is 0 Å². The van der Waals surface area contributed by atoms with Gasteiger partial charge in [-0.1, -0.05) is 70.5 Å². The van der Waals surface area contributed by atoms with Crippen LogP contribution in [0.15, 0.2) is 89.4 Å². The van der Waals surface area contributed by atoms with E-state index in [9.17, 15) is 0 Å². The van der Waals surface area contributed by atoms with Gasteiger partial charge in [0, 0.05) is 9.94 Å². The molecule has 0 aliphatic carbocycles. The number of benzene rings is 3. The van der Waals surface area contributed by atoms with Crippen molar-refractivity contribution >= 4 is 28.5 Å². The minimum atomic E-state index is -0.527. The Hall–Kier alpha value is -2.20. The molecule has 0 aliphatic heterocycles. The first-order valence-corrected chi connectivity index (χ1v) is 7.80. The minimum Gasteiger partial charge on any atom is -0.522 e. The van der Waals surface area contributed by atoms with Crippen molar-refractivity contribution in [3.63, 3.8) is 0 Å². The van der Waals surface area contributed by atoms with Gasteiger partial charge in [-0.25, -0.2) is 0 Å². The van der Waals surface area contributed by atoms with Crippen LogP contribution in [0.3, 0.4) is 0 Å². The van der Waals surface area contributed by atoms with Gasteiger partial charge < -0.3 is 9.31 Å². The van der Waals surface area contributed by atoms with Crippen LogP contribution in [0.25, 0.3) is 0 Å². The largest absolute Gasteiger partial charge is 0.633 e. The van der Waals surface area contributed by atoms with Gasteiger partial charge in [0.1, 0.15) is 11.5 Å². The molecule has 108 valence electrons. The van der Waals surface area contributed by atoms with Gasteiger partial charge in [0.15, 0.2) is 0 Å². The predicted octanol–water partition coefficient (Wildman–Crippen LogP) is 4.30. The average Bonchev–Trinajstić information content (AvgIpc) is 2.57. The highest BCUT2D eigenvalue weighted by molar-refractivity contribution is 9.10. The van der Waals surface area contributed by atoms with E-state index in [2.05, 4.69) is 15.9 Å². The van der Waals surface area contributed by atoms with Gasteiger partial charge in [-0.2, -0.15) is 0 Å².